The summed E-state index contributed by atoms with van der Waals surface area (Å²) >= 11 is 0. The van der Waals surface area contributed by atoms with Crippen LogP contribution in [0.1, 0.15) is 13.8 Å². The first-order chi connectivity index (χ1) is 9.95. The van der Waals surface area contributed by atoms with E-state index in [1.54, 1.807) is 12.1 Å². The van der Waals surface area contributed by atoms with E-state index in [0.717, 1.165) is 5.56 Å². The molecular formula is C15H15N3O3. The van der Waals surface area contributed by atoms with Crippen LogP contribution in [0.4, 0.5) is 0 Å². The second kappa shape index (κ2) is 4.73. The Kier molecular flexibility index (Phi) is 3.01. The third-order valence-electron chi connectivity index (χ3n) is 3.37. The van der Waals surface area contributed by atoms with Gasteiger partial charge in [0.05, 0.1) is 11.1 Å². The highest BCUT2D eigenvalue weighted by molar-refractivity contribution is 5.82. The molecule has 0 saturated heterocycles. The smallest absolute Gasteiger partial charge is 0.326 e. The summed E-state index contributed by atoms with van der Waals surface area (Å²) in [6.45, 7) is 4.66. The van der Waals surface area contributed by atoms with Gasteiger partial charge in [-0.1, -0.05) is 13.8 Å². The molecule has 0 aromatic carbocycles. The number of hydrogen-bond donors (Lipinski definition) is 2. The lowest BCUT2D eigenvalue weighted by Crippen LogP contribution is -2.25. The molecule has 0 saturated carbocycles. The van der Waals surface area contributed by atoms with Crippen LogP contribution in [0, 0.1) is 5.92 Å². The Hall–Kier alpha value is -2.63. The fraction of sp³-hybridized carbons (Fsp3) is 0.267. The predicted octanol–water partition coefficient (Wildman–Crippen LogP) is 1.14. The van der Waals surface area contributed by atoms with Gasteiger partial charge in [-0.3, -0.25) is 19.6 Å². The zero-order chi connectivity index (χ0) is 15.1. The van der Waals surface area contributed by atoms with Gasteiger partial charge >= 0.3 is 5.69 Å². The molecule has 3 rings (SSSR count). The Balaban J connectivity index is 2.55. The van der Waals surface area contributed by atoms with E-state index in [1.165, 1.54) is 12.1 Å². The highest BCUT2D eigenvalue weighted by Crippen LogP contribution is 2.25. The maximum absolute atomic E-state index is 12.0. The number of hydrogen-bond acceptors (Lipinski definition) is 3. The van der Waals surface area contributed by atoms with Gasteiger partial charge in [0.15, 0.2) is 5.43 Å². The summed E-state index contributed by atoms with van der Waals surface area (Å²) < 4.78 is 1.83. The molecule has 0 spiro atoms. The molecule has 0 amide bonds. The minimum absolute atomic E-state index is 0.105. The van der Waals surface area contributed by atoms with Gasteiger partial charge in [0.2, 0.25) is 0 Å². The number of fused-ring (bicyclic) bond motifs is 2. The van der Waals surface area contributed by atoms with Crippen molar-refractivity contribution in [3.8, 4) is 11.3 Å². The molecule has 1 aliphatic carbocycles. The van der Waals surface area contributed by atoms with Crippen LogP contribution in [-0.4, -0.2) is 14.5 Å². The number of nitrogens with zero attached hydrogens (tertiary/aromatic N) is 1. The van der Waals surface area contributed by atoms with E-state index >= 15 is 0 Å². The summed E-state index contributed by atoms with van der Waals surface area (Å²) in [6, 6.07) is 6.37. The molecule has 0 fully saturated rings. The quantitative estimate of drug-likeness (QED) is 0.692. The topological polar surface area (TPSA) is 87.7 Å². The van der Waals surface area contributed by atoms with Crippen LogP contribution >= 0.6 is 0 Å². The van der Waals surface area contributed by atoms with E-state index in [-0.39, 0.29) is 5.43 Å². The Morgan fingerprint density at radius 3 is 2.57 bits per heavy atom. The monoisotopic (exact) mass is 285 g/mol. The summed E-state index contributed by atoms with van der Waals surface area (Å²) in [7, 11) is 0. The number of benzene rings is 1. The summed E-state index contributed by atoms with van der Waals surface area (Å²) in [6.07, 6.45) is 0. The van der Waals surface area contributed by atoms with Crippen molar-refractivity contribution >= 4 is 11.0 Å². The van der Waals surface area contributed by atoms with Gasteiger partial charge < -0.3 is 4.57 Å². The maximum atomic E-state index is 12.0. The zero-order valence-electron chi connectivity index (χ0n) is 11.8. The summed E-state index contributed by atoms with van der Waals surface area (Å²) in [5.41, 5.74) is 0.856. The van der Waals surface area contributed by atoms with Gasteiger partial charge in [0, 0.05) is 12.6 Å². The molecule has 1 aromatic heterocycles. The Morgan fingerprint density at radius 2 is 1.86 bits per heavy atom. The zero-order valence-corrected chi connectivity index (χ0v) is 11.8. The molecule has 0 unspecified atom stereocenters. The van der Waals surface area contributed by atoms with E-state index < -0.39 is 11.2 Å². The fourth-order valence-corrected chi connectivity index (χ4v) is 2.54. The normalized spacial score (nSPS) is 11.6. The van der Waals surface area contributed by atoms with Crippen molar-refractivity contribution in [2.45, 2.75) is 20.4 Å². The van der Waals surface area contributed by atoms with Crippen molar-refractivity contribution in [3.63, 3.8) is 0 Å². The van der Waals surface area contributed by atoms with E-state index in [1.807, 2.05) is 18.4 Å². The van der Waals surface area contributed by atoms with Crippen LogP contribution in [0.5, 0.6) is 0 Å². The first-order valence-corrected chi connectivity index (χ1v) is 6.75. The van der Waals surface area contributed by atoms with Crippen molar-refractivity contribution in [2.24, 2.45) is 5.92 Å². The minimum Gasteiger partial charge on any atom is -0.326 e. The van der Waals surface area contributed by atoms with Crippen LogP contribution in [0.3, 0.4) is 0 Å². The molecule has 0 bridgehead atoms. The van der Waals surface area contributed by atoms with Crippen molar-refractivity contribution in [2.75, 3.05) is 0 Å². The minimum atomic E-state index is -0.553. The first kappa shape index (κ1) is 13.4. The van der Waals surface area contributed by atoms with Gasteiger partial charge in [-0.25, -0.2) is 4.79 Å². The number of H-pyrrole nitrogens is 2. The van der Waals surface area contributed by atoms with Crippen LogP contribution in [0.25, 0.3) is 22.3 Å². The van der Waals surface area contributed by atoms with Crippen molar-refractivity contribution in [3.05, 3.63) is 55.3 Å². The first-order valence-electron chi connectivity index (χ1n) is 6.75. The molecule has 2 heterocycles. The van der Waals surface area contributed by atoms with E-state index in [9.17, 15) is 14.4 Å². The fourth-order valence-electron chi connectivity index (χ4n) is 2.54. The number of pyridine rings is 1. The van der Waals surface area contributed by atoms with Gasteiger partial charge in [0.25, 0.3) is 5.56 Å². The maximum Gasteiger partial charge on any atom is 0.327 e. The van der Waals surface area contributed by atoms with Gasteiger partial charge in [0.1, 0.15) is 5.65 Å². The highest BCUT2D eigenvalue weighted by atomic mass is 16.2. The molecule has 2 aliphatic rings. The lowest BCUT2D eigenvalue weighted by molar-refractivity contribution is 0.533. The predicted molar refractivity (Wildman–Crippen MR) is 80.9 cm³/mol. The van der Waals surface area contributed by atoms with Gasteiger partial charge in [-0.15, -0.1) is 0 Å². The molecule has 1 aromatic rings. The molecule has 1 aliphatic heterocycles. The number of nitrogens with one attached hydrogen (secondary N) is 2. The lowest BCUT2D eigenvalue weighted by atomic mass is 10.1. The largest absolute Gasteiger partial charge is 0.327 e. The molecule has 2 N–H and O–H groups in total. The van der Waals surface area contributed by atoms with Crippen molar-refractivity contribution < 1.29 is 0 Å². The van der Waals surface area contributed by atoms with Crippen LogP contribution in [-0.2, 0) is 6.54 Å². The average molecular weight is 285 g/mol. The lowest BCUT2D eigenvalue weighted by Gasteiger charge is -2.19. The van der Waals surface area contributed by atoms with Gasteiger partial charge in [-0.05, 0) is 29.7 Å². The molecular weight excluding hydrogens is 270 g/mol. The summed E-state index contributed by atoms with van der Waals surface area (Å²) in [5.74, 6) is 0.293. The number of aromatic nitrogens is 3. The molecule has 6 heteroatoms. The van der Waals surface area contributed by atoms with E-state index in [2.05, 4.69) is 9.97 Å². The standard InChI is InChI=1S/C15H15N3O3/c1-8(2)7-18-12-6-10(19)4-3-9(12)5-11-13(18)16-15(21)17-14(11)20/h3-6,8H,7H2,1-2H3,(H2,16,17,20,21). The van der Waals surface area contributed by atoms with Crippen molar-refractivity contribution in [1.29, 1.82) is 0 Å². The third-order valence-corrected chi connectivity index (χ3v) is 3.37. The second-order valence-electron chi connectivity index (χ2n) is 5.54. The average Bonchev–Trinajstić information content (AvgIpc) is 2.39. The van der Waals surface area contributed by atoms with Crippen LogP contribution in [0.2, 0.25) is 0 Å². The number of aromatic amines is 2. The Bertz CT molecular complexity index is 962. The molecule has 0 radical (unpaired) electrons. The van der Waals surface area contributed by atoms with Gasteiger partial charge in [-0.2, -0.15) is 0 Å². The molecule has 0 atom stereocenters. The second-order valence-corrected chi connectivity index (χ2v) is 5.54. The highest BCUT2D eigenvalue weighted by Gasteiger charge is 2.15. The molecule has 6 nitrogen and oxygen atoms in total. The van der Waals surface area contributed by atoms with Crippen LogP contribution in [0.15, 0.2) is 38.6 Å². The SMILES string of the molecule is CC(C)Cn1c2cc(=O)ccc-2cc2c(=O)[nH]c(=O)[nH]c21. The molecule has 21 heavy (non-hydrogen) atoms. The van der Waals surface area contributed by atoms with Crippen LogP contribution < -0.4 is 16.7 Å². The van der Waals surface area contributed by atoms with E-state index in [0.29, 0.717) is 29.2 Å². The third kappa shape index (κ3) is 2.29. The molecule has 108 valence electrons. The Labute approximate surface area is 119 Å². The summed E-state index contributed by atoms with van der Waals surface area (Å²) in [4.78, 5) is 40.1. The van der Waals surface area contributed by atoms with Crippen molar-refractivity contribution in [1.82, 2.24) is 14.5 Å². The summed E-state index contributed by atoms with van der Waals surface area (Å²) in [5, 5.41) is 0.404. The number of rotatable bonds is 2. The van der Waals surface area contributed by atoms with E-state index in [4.69, 9.17) is 0 Å². The Morgan fingerprint density at radius 1 is 1.10 bits per heavy atom.